The van der Waals surface area contributed by atoms with E-state index in [1.54, 1.807) is 11.3 Å². The highest BCUT2D eigenvalue weighted by atomic mass is 15.4. The maximum Gasteiger partial charge on any atom is 0.0902 e. The average Bonchev–Trinajstić information content (AvgIpc) is 3.15. The van der Waals surface area contributed by atoms with Gasteiger partial charge in [0.1, 0.15) is 0 Å². The Morgan fingerprint density at radius 3 is 1.90 bits per heavy atom. The van der Waals surface area contributed by atoms with Crippen LogP contribution in [0.2, 0.25) is 0 Å². The summed E-state index contributed by atoms with van der Waals surface area (Å²) in [7, 11) is 0. The molecule has 1 heterocycles. The van der Waals surface area contributed by atoms with E-state index in [2.05, 4.69) is 95.5 Å². The molecular weight excluding hydrogens is 352 g/mol. The predicted molar refractivity (Wildman–Crippen MR) is 127 cm³/mol. The molecule has 1 fully saturated rings. The Bertz CT molecular complexity index is 740. The third kappa shape index (κ3) is 4.42. The Hall–Kier alpha value is -1.70. The van der Waals surface area contributed by atoms with Gasteiger partial charge in [-0.05, 0) is 46.8 Å². The molecule has 1 saturated heterocycles. The maximum atomic E-state index is 2.70. The van der Waals surface area contributed by atoms with Gasteiger partial charge in [-0.15, -0.1) is 0 Å². The highest BCUT2D eigenvalue weighted by Gasteiger charge is 2.33. The normalized spacial score (nSPS) is 20.3. The van der Waals surface area contributed by atoms with Crippen LogP contribution in [0.5, 0.6) is 0 Å². The number of benzene rings is 1. The molecule has 0 saturated carbocycles. The van der Waals surface area contributed by atoms with Crippen LogP contribution in [0, 0.1) is 17.8 Å². The van der Waals surface area contributed by atoms with Crippen molar-refractivity contribution in [3.05, 3.63) is 52.7 Å². The van der Waals surface area contributed by atoms with Gasteiger partial charge in [0.2, 0.25) is 0 Å². The number of para-hydroxylation sites is 1. The zero-order valence-corrected chi connectivity index (χ0v) is 20.0. The second-order valence-corrected chi connectivity index (χ2v) is 10.2. The van der Waals surface area contributed by atoms with E-state index in [0.717, 1.165) is 19.8 Å². The van der Waals surface area contributed by atoms with Crippen molar-refractivity contribution >= 4 is 5.69 Å². The first-order chi connectivity index (χ1) is 13.7. The van der Waals surface area contributed by atoms with E-state index in [-0.39, 0.29) is 0 Å². The zero-order valence-electron chi connectivity index (χ0n) is 20.0. The van der Waals surface area contributed by atoms with Crippen molar-refractivity contribution in [2.75, 3.05) is 24.7 Å². The summed E-state index contributed by atoms with van der Waals surface area (Å²) >= 11 is 0. The first-order valence-corrected chi connectivity index (χ1v) is 11.8. The summed E-state index contributed by atoms with van der Waals surface area (Å²) < 4.78 is 0. The molecule has 1 aromatic carbocycles. The monoisotopic (exact) mass is 394 g/mol. The summed E-state index contributed by atoms with van der Waals surface area (Å²) in [5, 5.41) is 0. The molecule has 2 nitrogen and oxygen atoms in total. The Balaban J connectivity index is 1.99. The van der Waals surface area contributed by atoms with Crippen LogP contribution in [-0.2, 0) is 0 Å². The molecule has 160 valence electrons. The van der Waals surface area contributed by atoms with Gasteiger partial charge >= 0.3 is 0 Å². The van der Waals surface area contributed by atoms with Crippen LogP contribution < -0.4 is 4.90 Å². The van der Waals surface area contributed by atoms with Gasteiger partial charge < -0.3 is 9.80 Å². The summed E-state index contributed by atoms with van der Waals surface area (Å²) in [4.78, 5) is 5.36. The predicted octanol–water partition coefficient (Wildman–Crippen LogP) is 7.16. The number of nitrogens with zero attached hydrogens (tertiary/aromatic N) is 2. The third-order valence-electron chi connectivity index (χ3n) is 6.74. The average molecular weight is 395 g/mol. The molecular formula is C27H42N2. The van der Waals surface area contributed by atoms with E-state index in [1.807, 2.05) is 0 Å². The maximum absolute atomic E-state index is 2.70. The molecule has 0 bridgehead atoms. The zero-order chi connectivity index (χ0) is 21.3. The van der Waals surface area contributed by atoms with Crippen LogP contribution in [-0.4, -0.2) is 24.7 Å². The van der Waals surface area contributed by atoms with Gasteiger partial charge in [-0.2, -0.15) is 0 Å². The first-order valence-electron chi connectivity index (χ1n) is 11.8. The van der Waals surface area contributed by atoms with Crippen LogP contribution in [0.15, 0.2) is 41.6 Å². The number of rotatable bonds is 6. The van der Waals surface area contributed by atoms with Gasteiger partial charge in [-0.25, -0.2) is 0 Å². The molecule has 0 N–H and O–H groups in total. The van der Waals surface area contributed by atoms with Gasteiger partial charge in [0, 0.05) is 30.4 Å². The summed E-state index contributed by atoms with van der Waals surface area (Å²) in [6.07, 6.45) is 5.99. The molecule has 1 aliphatic carbocycles. The fraction of sp³-hybridized carbons (Fsp3) is 0.630. The molecule has 0 aromatic heterocycles. The van der Waals surface area contributed by atoms with Crippen molar-refractivity contribution < 1.29 is 0 Å². The van der Waals surface area contributed by atoms with Gasteiger partial charge in [0.25, 0.3) is 0 Å². The highest BCUT2D eigenvalue weighted by molar-refractivity contribution is 5.62. The molecule has 2 heteroatoms. The van der Waals surface area contributed by atoms with Crippen molar-refractivity contribution in [1.82, 2.24) is 4.90 Å². The van der Waals surface area contributed by atoms with E-state index >= 15 is 0 Å². The lowest BCUT2D eigenvalue weighted by atomic mass is 9.80. The summed E-state index contributed by atoms with van der Waals surface area (Å²) in [5.41, 5.74) is 7.67. The second kappa shape index (κ2) is 8.98. The minimum Gasteiger partial charge on any atom is -0.355 e. The molecule has 0 spiro atoms. The van der Waals surface area contributed by atoms with Crippen LogP contribution in [0.4, 0.5) is 5.69 Å². The Morgan fingerprint density at radius 2 is 1.38 bits per heavy atom. The second-order valence-electron chi connectivity index (χ2n) is 10.2. The summed E-state index contributed by atoms with van der Waals surface area (Å²) in [6, 6.07) is 6.93. The Morgan fingerprint density at radius 1 is 0.793 bits per heavy atom. The first kappa shape index (κ1) is 22.0. The number of allylic oxidation sites excluding steroid dienone is 4. The molecule has 1 aromatic rings. The fourth-order valence-electron chi connectivity index (χ4n) is 5.09. The molecule has 0 radical (unpaired) electrons. The Labute approximate surface area is 179 Å². The number of hydrogen-bond acceptors (Lipinski definition) is 2. The SMILES string of the molecule is CC(C)C1=C(N2CCN(c3c(C(C)C)cccc3C(C)C)C2)C(C(C)C)CC=C1. The van der Waals surface area contributed by atoms with E-state index < -0.39 is 0 Å². The summed E-state index contributed by atoms with van der Waals surface area (Å²) in [6.45, 7) is 22.1. The fourth-order valence-corrected chi connectivity index (χ4v) is 5.09. The largest absolute Gasteiger partial charge is 0.355 e. The van der Waals surface area contributed by atoms with Crippen molar-refractivity contribution in [2.45, 2.75) is 73.6 Å². The molecule has 1 aliphatic heterocycles. The van der Waals surface area contributed by atoms with E-state index in [9.17, 15) is 0 Å². The quantitative estimate of drug-likeness (QED) is 0.505. The molecule has 29 heavy (non-hydrogen) atoms. The summed E-state index contributed by atoms with van der Waals surface area (Å²) in [5.74, 6) is 2.98. The van der Waals surface area contributed by atoms with E-state index in [1.165, 1.54) is 23.2 Å². The molecule has 2 aliphatic rings. The van der Waals surface area contributed by atoms with Crippen LogP contribution in [0.1, 0.15) is 84.8 Å². The topological polar surface area (TPSA) is 6.48 Å². The lowest BCUT2D eigenvalue weighted by Crippen LogP contribution is -2.33. The van der Waals surface area contributed by atoms with Crippen molar-refractivity contribution in [3.8, 4) is 0 Å². The number of hydrogen-bond donors (Lipinski definition) is 0. The van der Waals surface area contributed by atoms with Crippen LogP contribution >= 0.6 is 0 Å². The third-order valence-corrected chi connectivity index (χ3v) is 6.74. The van der Waals surface area contributed by atoms with Crippen LogP contribution in [0.3, 0.4) is 0 Å². The molecule has 1 atom stereocenters. The molecule has 0 amide bonds. The van der Waals surface area contributed by atoms with E-state index in [0.29, 0.717) is 29.6 Å². The van der Waals surface area contributed by atoms with Gasteiger partial charge in [0.05, 0.1) is 6.67 Å². The Kier molecular flexibility index (Phi) is 6.81. The van der Waals surface area contributed by atoms with Gasteiger partial charge in [-0.1, -0.05) is 85.7 Å². The molecule has 1 unspecified atom stereocenters. The standard InChI is InChI=1S/C27H42N2/c1-18(2)22-11-9-12-23(19(3)4)26(22)28-15-16-29(17-28)27-24(20(5)6)13-10-14-25(27)21(7)8/h9-13,18-21,25H,14-17H2,1-8H3. The van der Waals surface area contributed by atoms with Gasteiger partial charge in [-0.3, -0.25) is 0 Å². The smallest absolute Gasteiger partial charge is 0.0902 e. The van der Waals surface area contributed by atoms with Crippen LogP contribution in [0.25, 0.3) is 0 Å². The molecule has 3 rings (SSSR count). The van der Waals surface area contributed by atoms with Crippen molar-refractivity contribution in [3.63, 3.8) is 0 Å². The highest BCUT2D eigenvalue weighted by Crippen LogP contribution is 2.40. The lowest BCUT2D eigenvalue weighted by Gasteiger charge is -2.37. The lowest BCUT2D eigenvalue weighted by molar-refractivity contribution is 0.303. The minimum atomic E-state index is 0.546. The van der Waals surface area contributed by atoms with E-state index in [4.69, 9.17) is 0 Å². The van der Waals surface area contributed by atoms with Gasteiger partial charge in [0.15, 0.2) is 0 Å². The minimum absolute atomic E-state index is 0.546. The van der Waals surface area contributed by atoms with Crippen molar-refractivity contribution in [1.29, 1.82) is 0 Å². The van der Waals surface area contributed by atoms with Crippen molar-refractivity contribution in [2.24, 2.45) is 17.8 Å². The number of anilines is 1.